The number of nitrogens with two attached hydrogens (primary N) is 5. The Morgan fingerprint density at radius 3 is 1.93 bits per heavy atom. The van der Waals surface area contributed by atoms with Gasteiger partial charge in [0.25, 0.3) is 0 Å². The van der Waals surface area contributed by atoms with Crippen LogP contribution in [0.25, 0.3) is 0 Å². The Bertz CT molecular complexity index is 403. The SMILES string of the molecule is NCC(=O)c1c(N)c(N)c(N)c(N)c1I. The van der Waals surface area contributed by atoms with E-state index in [2.05, 4.69) is 0 Å². The number of rotatable bonds is 2. The van der Waals surface area contributed by atoms with Gasteiger partial charge in [-0.25, -0.2) is 0 Å². The summed E-state index contributed by atoms with van der Waals surface area (Å²) in [5.74, 6) is -0.310. The molecule has 0 aliphatic heterocycles. The van der Waals surface area contributed by atoms with Gasteiger partial charge in [0.2, 0.25) is 0 Å². The van der Waals surface area contributed by atoms with E-state index in [4.69, 9.17) is 28.7 Å². The average Bonchev–Trinajstić information content (AvgIpc) is 2.23. The second kappa shape index (κ2) is 4.11. The van der Waals surface area contributed by atoms with Gasteiger partial charge in [0, 0.05) is 0 Å². The molecule has 0 amide bonds. The van der Waals surface area contributed by atoms with E-state index in [1.165, 1.54) is 0 Å². The van der Waals surface area contributed by atoms with Crippen molar-refractivity contribution in [2.24, 2.45) is 5.73 Å². The molecule has 0 aromatic heterocycles. The minimum absolute atomic E-state index is 0.129. The summed E-state index contributed by atoms with van der Waals surface area (Å²) in [5, 5.41) is 0. The summed E-state index contributed by atoms with van der Waals surface area (Å²) in [6, 6.07) is 0. The van der Waals surface area contributed by atoms with E-state index in [9.17, 15) is 4.79 Å². The molecule has 1 rings (SSSR count). The number of carbonyl (C=O) groups is 1. The number of anilines is 4. The van der Waals surface area contributed by atoms with E-state index in [1.54, 1.807) is 0 Å². The molecule has 0 saturated carbocycles. The van der Waals surface area contributed by atoms with Gasteiger partial charge in [-0.1, -0.05) is 0 Å². The van der Waals surface area contributed by atoms with Crippen LogP contribution in [0, 0.1) is 3.57 Å². The molecule has 0 bridgehead atoms. The Hall–Kier alpha value is -1.22. The van der Waals surface area contributed by atoms with Crippen molar-refractivity contribution in [1.82, 2.24) is 0 Å². The number of ketones is 1. The molecule has 1 aromatic carbocycles. The van der Waals surface area contributed by atoms with Crippen LogP contribution in [0.4, 0.5) is 22.7 Å². The highest BCUT2D eigenvalue weighted by Gasteiger charge is 2.20. The molecule has 0 aliphatic carbocycles. The van der Waals surface area contributed by atoms with E-state index in [1.807, 2.05) is 22.6 Å². The van der Waals surface area contributed by atoms with Crippen LogP contribution in [-0.2, 0) is 0 Å². The van der Waals surface area contributed by atoms with Gasteiger partial charge in [-0.3, -0.25) is 4.79 Å². The Morgan fingerprint density at radius 2 is 1.47 bits per heavy atom. The molecule has 1 aromatic rings. The fourth-order valence-electron chi connectivity index (χ4n) is 1.17. The van der Waals surface area contributed by atoms with Gasteiger partial charge in [0.05, 0.1) is 38.4 Å². The molecule has 0 aliphatic rings. The molecule has 0 heterocycles. The van der Waals surface area contributed by atoms with Gasteiger partial charge in [-0.05, 0) is 22.6 Å². The first-order valence-corrected chi connectivity index (χ1v) is 5.14. The molecule has 0 saturated heterocycles. The number of hydrogen-bond acceptors (Lipinski definition) is 6. The van der Waals surface area contributed by atoms with Crippen LogP contribution in [0.3, 0.4) is 0 Å². The largest absolute Gasteiger partial charge is 0.396 e. The summed E-state index contributed by atoms with van der Waals surface area (Å²) >= 11 is 1.89. The lowest BCUT2D eigenvalue weighted by molar-refractivity contribution is 0.100. The van der Waals surface area contributed by atoms with E-state index in [0.717, 1.165) is 0 Å². The number of nitrogen functional groups attached to an aromatic ring is 4. The van der Waals surface area contributed by atoms with Gasteiger partial charge in [-0.2, -0.15) is 0 Å². The Labute approximate surface area is 100 Å². The summed E-state index contributed by atoms with van der Waals surface area (Å²) in [6.07, 6.45) is 0. The highest BCUT2D eigenvalue weighted by atomic mass is 127. The summed E-state index contributed by atoms with van der Waals surface area (Å²) in [5.41, 5.74) is 28.8. The topological polar surface area (TPSA) is 147 Å². The molecule has 0 spiro atoms. The first-order valence-electron chi connectivity index (χ1n) is 4.06. The van der Waals surface area contributed by atoms with E-state index >= 15 is 0 Å². The van der Waals surface area contributed by atoms with Gasteiger partial charge in [0.1, 0.15) is 0 Å². The van der Waals surface area contributed by atoms with Crippen LogP contribution >= 0.6 is 22.6 Å². The molecule has 15 heavy (non-hydrogen) atoms. The number of benzene rings is 1. The molecule has 6 nitrogen and oxygen atoms in total. The minimum atomic E-state index is -0.310. The lowest BCUT2D eigenvalue weighted by Gasteiger charge is -2.14. The Morgan fingerprint density at radius 1 is 1.00 bits per heavy atom. The maximum atomic E-state index is 11.5. The van der Waals surface area contributed by atoms with Crippen molar-refractivity contribution in [3.05, 3.63) is 9.13 Å². The van der Waals surface area contributed by atoms with Crippen LogP contribution in [-0.4, -0.2) is 12.3 Å². The molecule has 0 fully saturated rings. The fraction of sp³-hybridized carbons (Fsp3) is 0.125. The van der Waals surface area contributed by atoms with Crippen molar-refractivity contribution in [3.63, 3.8) is 0 Å². The van der Waals surface area contributed by atoms with Gasteiger partial charge in [-0.15, -0.1) is 0 Å². The van der Waals surface area contributed by atoms with Crippen molar-refractivity contribution in [1.29, 1.82) is 0 Å². The second-order valence-electron chi connectivity index (χ2n) is 2.97. The van der Waals surface area contributed by atoms with Gasteiger partial charge in [0.15, 0.2) is 5.78 Å². The van der Waals surface area contributed by atoms with Crippen molar-refractivity contribution in [2.75, 3.05) is 29.5 Å². The molecule has 0 unspecified atom stereocenters. The normalized spacial score (nSPS) is 10.3. The van der Waals surface area contributed by atoms with Crippen LogP contribution < -0.4 is 28.7 Å². The number of carbonyl (C=O) groups excluding carboxylic acids is 1. The third-order valence-corrected chi connectivity index (χ3v) is 3.18. The minimum Gasteiger partial charge on any atom is -0.396 e. The summed E-state index contributed by atoms with van der Waals surface area (Å²) in [6.45, 7) is -0.150. The quantitative estimate of drug-likeness (QED) is 0.288. The number of halogens is 1. The van der Waals surface area contributed by atoms with Crippen molar-refractivity contribution in [2.45, 2.75) is 0 Å². The summed E-state index contributed by atoms with van der Waals surface area (Å²) in [4.78, 5) is 11.5. The molecule has 7 heteroatoms. The van der Waals surface area contributed by atoms with Crippen molar-refractivity contribution < 1.29 is 4.79 Å². The predicted molar refractivity (Wildman–Crippen MR) is 70.2 cm³/mol. The van der Waals surface area contributed by atoms with Gasteiger partial charge >= 0.3 is 0 Å². The number of hydrogen-bond donors (Lipinski definition) is 5. The summed E-state index contributed by atoms with van der Waals surface area (Å²) < 4.78 is 0.493. The molecular formula is C8H12IN5O. The standard InChI is InChI=1S/C8H12IN5O/c9-4-3(2(15)1-10)5(11)7(13)8(14)6(4)12/h1,10-14H2. The van der Waals surface area contributed by atoms with Crippen LogP contribution in [0.2, 0.25) is 0 Å². The molecule has 0 radical (unpaired) electrons. The zero-order chi connectivity index (χ0) is 11.7. The molecule has 82 valence electrons. The van der Waals surface area contributed by atoms with Crippen molar-refractivity contribution in [3.8, 4) is 0 Å². The van der Waals surface area contributed by atoms with Crippen LogP contribution in [0.15, 0.2) is 0 Å². The zero-order valence-electron chi connectivity index (χ0n) is 7.88. The predicted octanol–water partition coefficient (Wildman–Crippen LogP) is -0.239. The Balaban J connectivity index is 3.60. The van der Waals surface area contributed by atoms with Crippen molar-refractivity contribution >= 4 is 51.1 Å². The molecule has 10 N–H and O–H groups in total. The Kier molecular flexibility index (Phi) is 3.25. The highest BCUT2D eigenvalue weighted by molar-refractivity contribution is 14.1. The first-order chi connectivity index (χ1) is 6.91. The maximum absolute atomic E-state index is 11.5. The molecular weight excluding hydrogens is 309 g/mol. The van der Waals surface area contributed by atoms with E-state index in [-0.39, 0.29) is 40.6 Å². The fourth-order valence-corrected chi connectivity index (χ4v) is 2.05. The third kappa shape index (κ3) is 1.79. The zero-order valence-corrected chi connectivity index (χ0v) is 10.0. The highest BCUT2D eigenvalue weighted by Crippen LogP contribution is 2.37. The monoisotopic (exact) mass is 321 g/mol. The number of Topliss-reactive ketones (excluding diaryl/α,β-unsaturated/α-hetero) is 1. The van der Waals surface area contributed by atoms with E-state index < -0.39 is 0 Å². The lowest BCUT2D eigenvalue weighted by atomic mass is 10.0. The van der Waals surface area contributed by atoms with E-state index in [0.29, 0.717) is 3.57 Å². The second-order valence-corrected chi connectivity index (χ2v) is 4.05. The van der Waals surface area contributed by atoms with Crippen LogP contribution in [0.1, 0.15) is 10.4 Å². The summed E-state index contributed by atoms with van der Waals surface area (Å²) in [7, 11) is 0. The first kappa shape index (κ1) is 11.9. The molecule has 0 atom stereocenters. The van der Waals surface area contributed by atoms with Crippen LogP contribution in [0.5, 0.6) is 0 Å². The maximum Gasteiger partial charge on any atom is 0.179 e. The smallest absolute Gasteiger partial charge is 0.179 e. The van der Waals surface area contributed by atoms with Gasteiger partial charge < -0.3 is 28.7 Å². The average molecular weight is 321 g/mol. The lowest BCUT2D eigenvalue weighted by Crippen LogP contribution is -2.19. The third-order valence-electron chi connectivity index (χ3n) is 2.06.